The van der Waals surface area contributed by atoms with E-state index in [-0.39, 0.29) is 18.5 Å². The Morgan fingerprint density at radius 2 is 2.24 bits per heavy atom. The number of alkyl halides is 3. The average molecular weight is 262 g/mol. The lowest BCUT2D eigenvalue weighted by Gasteiger charge is -2.22. The summed E-state index contributed by atoms with van der Waals surface area (Å²) in [4.78, 5) is 12.4. The normalized spacial score (nSPS) is 10.9. The fourth-order valence-corrected chi connectivity index (χ4v) is 1.85. The number of hydrogen-bond acceptors (Lipinski definition) is 3. The lowest BCUT2D eigenvalue weighted by molar-refractivity contribution is -0.140. The highest BCUT2D eigenvalue weighted by molar-refractivity contribution is 7.08. The van der Waals surface area contributed by atoms with Gasteiger partial charge in [-0.05, 0) is 11.4 Å². The van der Waals surface area contributed by atoms with Crippen LogP contribution in [0, 0.1) is 11.3 Å². The molecule has 3 nitrogen and oxygen atoms in total. The Balaban J connectivity index is 2.76. The van der Waals surface area contributed by atoms with E-state index >= 15 is 0 Å². The SMILES string of the molecule is N#CCCN(CC(F)(F)F)C(=O)c1ccsc1. The van der Waals surface area contributed by atoms with Crippen molar-refractivity contribution < 1.29 is 18.0 Å². The van der Waals surface area contributed by atoms with Gasteiger partial charge in [0.25, 0.3) is 5.91 Å². The maximum atomic E-state index is 12.3. The van der Waals surface area contributed by atoms with Gasteiger partial charge in [0.15, 0.2) is 0 Å². The van der Waals surface area contributed by atoms with Crippen LogP contribution in [-0.4, -0.2) is 30.1 Å². The number of rotatable bonds is 4. The van der Waals surface area contributed by atoms with Crippen LogP contribution in [-0.2, 0) is 0 Å². The minimum Gasteiger partial charge on any atom is -0.328 e. The van der Waals surface area contributed by atoms with E-state index in [0.29, 0.717) is 4.90 Å². The molecule has 1 heterocycles. The monoisotopic (exact) mass is 262 g/mol. The van der Waals surface area contributed by atoms with E-state index in [1.54, 1.807) is 11.4 Å². The molecule has 1 aromatic rings. The van der Waals surface area contributed by atoms with Crippen LogP contribution in [0.2, 0.25) is 0 Å². The molecule has 92 valence electrons. The molecule has 0 saturated carbocycles. The second-order valence-corrected chi connectivity index (χ2v) is 4.04. The highest BCUT2D eigenvalue weighted by Gasteiger charge is 2.33. The van der Waals surface area contributed by atoms with E-state index in [4.69, 9.17) is 5.26 Å². The number of amides is 1. The molecule has 7 heteroatoms. The van der Waals surface area contributed by atoms with Gasteiger partial charge in [-0.25, -0.2) is 0 Å². The van der Waals surface area contributed by atoms with Crippen molar-refractivity contribution >= 4 is 17.2 Å². The molecule has 0 unspecified atom stereocenters. The summed E-state index contributed by atoms with van der Waals surface area (Å²) in [5.74, 6) is -0.696. The molecule has 17 heavy (non-hydrogen) atoms. The van der Waals surface area contributed by atoms with Gasteiger partial charge in [-0.1, -0.05) is 0 Å². The number of hydrogen-bond donors (Lipinski definition) is 0. The smallest absolute Gasteiger partial charge is 0.328 e. The van der Waals surface area contributed by atoms with Gasteiger partial charge < -0.3 is 4.90 Å². The first-order valence-corrected chi connectivity index (χ1v) is 5.63. The number of nitriles is 1. The summed E-state index contributed by atoms with van der Waals surface area (Å²) in [6, 6.07) is 3.19. The minimum absolute atomic E-state index is 0.119. The molecule has 0 bridgehead atoms. The molecular weight excluding hydrogens is 253 g/mol. The Labute approximate surface area is 100 Å². The topological polar surface area (TPSA) is 44.1 Å². The number of nitrogens with zero attached hydrogens (tertiary/aromatic N) is 2. The third-order valence-corrected chi connectivity index (χ3v) is 2.60. The lowest BCUT2D eigenvalue weighted by atomic mass is 10.2. The van der Waals surface area contributed by atoms with Gasteiger partial charge >= 0.3 is 6.18 Å². The molecule has 0 radical (unpaired) electrons. The first-order chi connectivity index (χ1) is 7.94. The van der Waals surface area contributed by atoms with E-state index in [2.05, 4.69) is 0 Å². The number of halogens is 3. The summed E-state index contributed by atoms with van der Waals surface area (Å²) < 4.78 is 36.8. The predicted molar refractivity (Wildman–Crippen MR) is 56.5 cm³/mol. The van der Waals surface area contributed by atoms with E-state index in [0.717, 1.165) is 0 Å². The number of carbonyl (C=O) groups excluding carboxylic acids is 1. The average Bonchev–Trinajstić information content (AvgIpc) is 2.74. The summed E-state index contributed by atoms with van der Waals surface area (Å²) in [5.41, 5.74) is 0.220. The Morgan fingerprint density at radius 3 is 2.71 bits per heavy atom. The molecule has 1 aromatic heterocycles. The lowest BCUT2D eigenvalue weighted by Crippen LogP contribution is -2.39. The third kappa shape index (κ3) is 4.44. The van der Waals surface area contributed by atoms with Crippen molar-refractivity contribution in [2.75, 3.05) is 13.1 Å². The van der Waals surface area contributed by atoms with Gasteiger partial charge in [0.1, 0.15) is 6.54 Å². The molecule has 0 saturated heterocycles. The Kier molecular flexibility index (Phi) is 4.52. The molecule has 0 aliphatic heterocycles. The molecule has 0 aliphatic rings. The summed E-state index contributed by atoms with van der Waals surface area (Å²) >= 11 is 1.23. The Hall–Kier alpha value is -1.55. The third-order valence-electron chi connectivity index (χ3n) is 1.92. The van der Waals surface area contributed by atoms with Gasteiger partial charge in [0, 0.05) is 11.9 Å². The fourth-order valence-electron chi connectivity index (χ4n) is 1.22. The van der Waals surface area contributed by atoms with Crippen LogP contribution in [0.25, 0.3) is 0 Å². The van der Waals surface area contributed by atoms with Crippen molar-refractivity contribution in [1.29, 1.82) is 5.26 Å². The van der Waals surface area contributed by atoms with E-state index in [9.17, 15) is 18.0 Å². The van der Waals surface area contributed by atoms with Crippen molar-refractivity contribution in [3.8, 4) is 6.07 Å². The summed E-state index contributed by atoms with van der Waals surface area (Å²) in [5, 5.41) is 11.5. The molecule has 0 N–H and O–H groups in total. The van der Waals surface area contributed by atoms with Gasteiger partial charge in [0.2, 0.25) is 0 Å². The maximum Gasteiger partial charge on any atom is 0.406 e. The van der Waals surface area contributed by atoms with Crippen molar-refractivity contribution in [3.63, 3.8) is 0 Å². The fraction of sp³-hybridized carbons (Fsp3) is 0.400. The summed E-state index contributed by atoms with van der Waals surface area (Å²) in [7, 11) is 0. The molecule has 1 amide bonds. The van der Waals surface area contributed by atoms with Crippen molar-refractivity contribution in [3.05, 3.63) is 22.4 Å². The zero-order valence-corrected chi connectivity index (χ0v) is 9.51. The van der Waals surface area contributed by atoms with Crippen LogP contribution < -0.4 is 0 Å². The molecule has 0 fully saturated rings. The van der Waals surface area contributed by atoms with Crippen molar-refractivity contribution in [2.24, 2.45) is 0 Å². The standard InChI is InChI=1S/C10H9F3N2OS/c11-10(12,13)7-15(4-1-3-14)9(16)8-2-5-17-6-8/h2,5-6H,1,4,7H2. The second kappa shape index (κ2) is 5.68. The van der Waals surface area contributed by atoms with E-state index in [1.165, 1.54) is 22.8 Å². The van der Waals surface area contributed by atoms with Crippen LogP contribution in [0.4, 0.5) is 13.2 Å². The molecule has 0 aliphatic carbocycles. The van der Waals surface area contributed by atoms with E-state index in [1.807, 2.05) is 0 Å². The highest BCUT2D eigenvalue weighted by Crippen LogP contribution is 2.19. The quantitative estimate of drug-likeness (QED) is 0.837. The Bertz CT molecular complexity index is 408. The predicted octanol–water partition coefficient (Wildman–Crippen LogP) is 2.67. The summed E-state index contributed by atoms with van der Waals surface area (Å²) in [6.45, 7) is -1.55. The van der Waals surface area contributed by atoms with Gasteiger partial charge in [-0.15, -0.1) is 0 Å². The zero-order valence-electron chi connectivity index (χ0n) is 8.70. The van der Waals surface area contributed by atoms with Gasteiger partial charge in [-0.3, -0.25) is 4.79 Å². The highest BCUT2D eigenvalue weighted by atomic mass is 32.1. The second-order valence-electron chi connectivity index (χ2n) is 3.26. The molecular formula is C10H9F3N2OS. The van der Waals surface area contributed by atoms with Crippen molar-refractivity contribution in [1.82, 2.24) is 4.90 Å². The van der Waals surface area contributed by atoms with Crippen LogP contribution in [0.5, 0.6) is 0 Å². The van der Waals surface area contributed by atoms with Crippen molar-refractivity contribution in [2.45, 2.75) is 12.6 Å². The zero-order chi connectivity index (χ0) is 12.9. The number of thiophene rings is 1. The van der Waals surface area contributed by atoms with Gasteiger partial charge in [-0.2, -0.15) is 29.8 Å². The summed E-state index contributed by atoms with van der Waals surface area (Å²) in [6.07, 6.45) is -4.58. The number of carbonyl (C=O) groups is 1. The van der Waals surface area contributed by atoms with Crippen LogP contribution in [0.15, 0.2) is 16.8 Å². The molecule has 0 atom stereocenters. The molecule has 1 rings (SSSR count). The minimum atomic E-state index is -4.46. The van der Waals surface area contributed by atoms with Crippen LogP contribution in [0.3, 0.4) is 0 Å². The molecule has 0 spiro atoms. The van der Waals surface area contributed by atoms with E-state index < -0.39 is 18.6 Å². The Morgan fingerprint density at radius 1 is 1.53 bits per heavy atom. The van der Waals surface area contributed by atoms with Crippen LogP contribution >= 0.6 is 11.3 Å². The van der Waals surface area contributed by atoms with Gasteiger partial charge in [0.05, 0.1) is 18.1 Å². The first kappa shape index (κ1) is 13.5. The molecule has 0 aromatic carbocycles. The largest absolute Gasteiger partial charge is 0.406 e. The van der Waals surface area contributed by atoms with Crippen LogP contribution in [0.1, 0.15) is 16.8 Å². The maximum absolute atomic E-state index is 12.3. The first-order valence-electron chi connectivity index (χ1n) is 4.69.